The van der Waals surface area contributed by atoms with Crippen LogP contribution in [0.15, 0.2) is 77.5 Å². The van der Waals surface area contributed by atoms with Gasteiger partial charge in [0.15, 0.2) is 5.76 Å². The summed E-state index contributed by atoms with van der Waals surface area (Å²) in [5.41, 5.74) is 2.04. The van der Waals surface area contributed by atoms with E-state index < -0.39 is 0 Å². The van der Waals surface area contributed by atoms with Crippen LogP contribution in [0.4, 0.5) is 0 Å². The summed E-state index contributed by atoms with van der Waals surface area (Å²) in [6.07, 6.45) is 3.25. The number of hydrogen-bond donors (Lipinski definition) is 1. The maximum atomic E-state index is 12.0. The van der Waals surface area contributed by atoms with Gasteiger partial charge in [-0.3, -0.25) is 9.78 Å². The van der Waals surface area contributed by atoms with Gasteiger partial charge in [-0.25, -0.2) is 0 Å². The molecule has 1 aromatic carbocycles. The Morgan fingerprint density at radius 2 is 1.86 bits per heavy atom. The third-order valence-electron chi connectivity index (χ3n) is 3.46. The molecule has 1 unspecified atom stereocenters. The van der Waals surface area contributed by atoms with Crippen molar-refractivity contribution < 1.29 is 9.21 Å². The van der Waals surface area contributed by atoms with Crippen LogP contribution < -0.4 is 5.32 Å². The van der Waals surface area contributed by atoms with Gasteiger partial charge >= 0.3 is 0 Å². The number of pyridine rings is 1. The van der Waals surface area contributed by atoms with E-state index in [0.29, 0.717) is 12.3 Å². The number of carbonyl (C=O) groups is 1. The molecule has 1 N–H and O–H groups in total. The summed E-state index contributed by atoms with van der Waals surface area (Å²) < 4.78 is 5.11. The lowest BCUT2D eigenvalue weighted by Crippen LogP contribution is -2.29. The quantitative estimate of drug-likeness (QED) is 0.785. The van der Waals surface area contributed by atoms with Gasteiger partial charge in [-0.15, -0.1) is 0 Å². The molecule has 1 atom stereocenters. The zero-order valence-electron chi connectivity index (χ0n) is 12.0. The van der Waals surface area contributed by atoms with Gasteiger partial charge in [0, 0.05) is 24.4 Å². The van der Waals surface area contributed by atoms with E-state index in [0.717, 1.165) is 11.3 Å². The van der Waals surface area contributed by atoms with Gasteiger partial charge in [0.1, 0.15) is 0 Å². The first-order valence-electron chi connectivity index (χ1n) is 7.12. The van der Waals surface area contributed by atoms with Gasteiger partial charge in [-0.05, 0) is 29.8 Å². The van der Waals surface area contributed by atoms with Gasteiger partial charge in [0.05, 0.1) is 6.26 Å². The molecule has 0 fully saturated rings. The van der Waals surface area contributed by atoms with Crippen LogP contribution >= 0.6 is 0 Å². The SMILES string of the molecule is O=C(NCC(c1ccccc1)c1ccccn1)c1ccco1. The Morgan fingerprint density at radius 1 is 1.05 bits per heavy atom. The van der Waals surface area contributed by atoms with Crippen molar-refractivity contribution in [3.8, 4) is 0 Å². The third-order valence-corrected chi connectivity index (χ3v) is 3.46. The molecule has 0 spiro atoms. The predicted molar refractivity (Wildman–Crippen MR) is 83.6 cm³/mol. The summed E-state index contributed by atoms with van der Waals surface area (Å²) in [6, 6.07) is 19.2. The number of nitrogens with zero attached hydrogens (tertiary/aromatic N) is 1. The molecule has 4 nitrogen and oxygen atoms in total. The molecule has 110 valence electrons. The molecule has 2 aromatic heterocycles. The molecule has 0 saturated heterocycles. The van der Waals surface area contributed by atoms with Gasteiger partial charge in [-0.1, -0.05) is 36.4 Å². The molecule has 0 aliphatic carbocycles. The minimum Gasteiger partial charge on any atom is -0.459 e. The fraction of sp³-hybridized carbons (Fsp3) is 0.111. The Kier molecular flexibility index (Phi) is 4.30. The average Bonchev–Trinajstić information content (AvgIpc) is 3.11. The smallest absolute Gasteiger partial charge is 0.287 e. The molecule has 1 amide bonds. The summed E-state index contributed by atoms with van der Waals surface area (Å²) in [7, 11) is 0. The fourth-order valence-corrected chi connectivity index (χ4v) is 2.35. The molecule has 0 radical (unpaired) electrons. The Morgan fingerprint density at radius 3 is 2.55 bits per heavy atom. The van der Waals surface area contributed by atoms with Crippen LogP contribution in [0.2, 0.25) is 0 Å². The first kappa shape index (κ1) is 14.1. The fourth-order valence-electron chi connectivity index (χ4n) is 2.35. The van der Waals surface area contributed by atoms with E-state index in [1.54, 1.807) is 18.3 Å². The van der Waals surface area contributed by atoms with E-state index in [-0.39, 0.29) is 11.8 Å². The van der Waals surface area contributed by atoms with E-state index in [1.807, 2.05) is 48.5 Å². The Hall–Kier alpha value is -2.88. The van der Waals surface area contributed by atoms with Gasteiger partial charge in [0.2, 0.25) is 0 Å². The maximum absolute atomic E-state index is 12.0. The number of rotatable bonds is 5. The molecule has 4 heteroatoms. The van der Waals surface area contributed by atoms with Crippen molar-refractivity contribution in [3.05, 3.63) is 90.1 Å². The lowest BCUT2D eigenvalue weighted by molar-refractivity contribution is 0.0924. The molecule has 0 bridgehead atoms. The number of carbonyl (C=O) groups excluding carboxylic acids is 1. The van der Waals surface area contributed by atoms with E-state index >= 15 is 0 Å². The highest BCUT2D eigenvalue weighted by molar-refractivity contribution is 5.91. The summed E-state index contributed by atoms with van der Waals surface area (Å²) in [6.45, 7) is 0.459. The van der Waals surface area contributed by atoms with Crippen LogP contribution in [0.5, 0.6) is 0 Å². The number of hydrogen-bond acceptors (Lipinski definition) is 3. The molecule has 22 heavy (non-hydrogen) atoms. The minimum atomic E-state index is -0.220. The standard InChI is InChI=1S/C18H16N2O2/c21-18(17-10-6-12-22-17)20-13-15(14-7-2-1-3-8-14)16-9-4-5-11-19-16/h1-12,15H,13H2,(H,20,21). The largest absolute Gasteiger partial charge is 0.459 e. The normalized spacial score (nSPS) is 11.8. The predicted octanol–water partition coefficient (Wildman–Crippen LogP) is 3.24. The van der Waals surface area contributed by atoms with E-state index in [4.69, 9.17) is 4.42 Å². The number of benzene rings is 1. The summed E-state index contributed by atoms with van der Waals surface area (Å²) in [5.74, 6) is 0.0935. The molecule has 2 heterocycles. The maximum Gasteiger partial charge on any atom is 0.287 e. The Balaban J connectivity index is 1.79. The Labute approximate surface area is 128 Å². The summed E-state index contributed by atoms with van der Waals surface area (Å²) >= 11 is 0. The van der Waals surface area contributed by atoms with Gasteiger partial charge in [-0.2, -0.15) is 0 Å². The minimum absolute atomic E-state index is 0.00122. The number of nitrogens with one attached hydrogen (secondary N) is 1. The molecule has 3 aromatic rings. The zero-order chi connectivity index (χ0) is 15.2. The lowest BCUT2D eigenvalue weighted by atomic mass is 9.95. The van der Waals surface area contributed by atoms with Crippen molar-refractivity contribution in [1.82, 2.24) is 10.3 Å². The monoisotopic (exact) mass is 292 g/mol. The second kappa shape index (κ2) is 6.72. The van der Waals surface area contributed by atoms with Crippen molar-refractivity contribution in [2.75, 3.05) is 6.54 Å². The van der Waals surface area contributed by atoms with Crippen LogP contribution in [0, 0.1) is 0 Å². The number of aromatic nitrogens is 1. The zero-order valence-corrected chi connectivity index (χ0v) is 12.0. The molecule has 3 rings (SSSR count). The van der Waals surface area contributed by atoms with Crippen molar-refractivity contribution in [2.24, 2.45) is 0 Å². The van der Waals surface area contributed by atoms with Crippen LogP contribution in [-0.2, 0) is 0 Å². The van der Waals surface area contributed by atoms with Crippen LogP contribution in [-0.4, -0.2) is 17.4 Å². The topological polar surface area (TPSA) is 55.1 Å². The van der Waals surface area contributed by atoms with Crippen LogP contribution in [0.25, 0.3) is 0 Å². The summed E-state index contributed by atoms with van der Waals surface area (Å²) in [5, 5.41) is 2.91. The number of amides is 1. The molecular weight excluding hydrogens is 276 g/mol. The van der Waals surface area contributed by atoms with Gasteiger partial charge in [0.25, 0.3) is 5.91 Å². The van der Waals surface area contributed by atoms with Crippen molar-refractivity contribution >= 4 is 5.91 Å². The third kappa shape index (κ3) is 3.23. The molecule has 0 aliphatic rings. The van der Waals surface area contributed by atoms with Crippen molar-refractivity contribution in [2.45, 2.75) is 5.92 Å². The Bertz CT molecular complexity index is 670. The van der Waals surface area contributed by atoms with Crippen molar-refractivity contribution in [1.29, 1.82) is 0 Å². The second-order valence-electron chi connectivity index (χ2n) is 4.91. The second-order valence-corrected chi connectivity index (χ2v) is 4.91. The van der Waals surface area contributed by atoms with Gasteiger partial charge < -0.3 is 9.73 Å². The van der Waals surface area contributed by atoms with Crippen molar-refractivity contribution in [3.63, 3.8) is 0 Å². The molecule has 0 saturated carbocycles. The highest BCUT2D eigenvalue weighted by Gasteiger charge is 2.17. The first-order valence-corrected chi connectivity index (χ1v) is 7.12. The van der Waals surface area contributed by atoms with E-state index in [1.165, 1.54) is 6.26 Å². The molecule has 0 aliphatic heterocycles. The lowest BCUT2D eigenvalue weighted by Gasteiger charge is -2.17. The van der Waals surface area contributed by atoms with E-state index in [9.17, 15) is 4.79 Å². The number of furan rings is 1. The highest BCUT2D eigenvalue weighted by atomic mass is 16.3. The van der Waals surface area contributed by atoms with Crippen LogP contribution in [0.1, 0.15) is 27.7 Å². The first-order chi connectivity index (χ1) is 10.8. The summed E-state index contributed by atoms with van der Waals surface area (Å²) in [4.78, 5) is 16.5. The van der Waals surface area contributed by atoms with Crippen LogP contribution in [0.3, 0.4) is 0 Å². The highest BCUT2D eigenvalue weighted by Crippen LogP contribution is 2.22. The van der Waals surface area contributed by atoms with E-state index in [2.05, 4.69) is 10.3 Å². The molecular formula is C18H16N2O2. The average molecular weight is 292 g/mol.